The molecule has 3 heterocycles. The fraction of sp³-hybridized carbons (Fsp3) is 0.389. The number of aromatic hydroxyl groups is 1. The summed E-state index contributed by atoms with van der Waals surface area (Å²) in [5.74, 6) is 1.27. The van der Waals surface area contributed by atoms with Crippen LogP contribution in [-0.2, 0) is 0 Å². The van der Waals surface area contributed by atoms with Crippen LogP contribution in [-0.4, -0.2) is 55.8 Å². The number of fused-ring (bicyclic) bond motifs is 1. The molecule has 2 N–H and O–H groups in total. The van der Waals surface area contributed by atoms with E-state index >= 15 is 0 Å². The molecule has 136 valence electrons. The Morgan fingerprint density at radius 2 is 2.15 bits per heavy atom. The maximum atomic E-state index is 10.4. The molecule has 26 heavy (non-hydrogen) atoms. The SMILES string of the molecule is Cc1cc(Cl)cc(O)c1-c1nnc(NC2CCCN(C)C2)c2nccn12. The molecule has 0 radical (unpaired) electrons. The summed E-state index contributed by atoms with van der Waals surface area (Å²) in [5, 5.41) is 23.1. The summed E-state index contributed by atoms with van der Waals surface area (Å²) in [6.45, 7) is 3.97. The van der Waals surface area contributed by atoms with Gasteiger partial charge >= 0.3 is 0 Å². The van der Waals surface area contributed by atoms with Crippen molar-refractivity contribution in [3.63, 3.8) is 0 Å². The average Bonchev–Trinajstić information content (AvgIpc) is 3.06. The Labute approximate surface area is 156 Å². The summed E-state index contributed by atoms with van der Waals surface area (Å²) in [5.41, 5.74) is 2.12. The average molecular weight is 373 g/mol. The monoisotopic (exact) mass is 372 g/mol. The number of rotatable bonds is 3. The molecule has 1 aromatic carbocycles. The number of hydrogen-bond acceptors (Lipinski definition) is 6. The Balaban J connectivity index is 1.75. The van der Waals surface area contributed by atoms with E-state index < -0.39 is 0 Å². The van der Waals surface area contributed by atoms with E-state index in [-0.39, 0.29) is 5.75 Å². The van der Waals surface area contributed by atoms with Crippen molar-refractivity contribution in [2.75, 3.05) is 25.5 Å². The van der Waals surface area contributed by atoms with Gasteiger partial charge in [-0.05, 0) is 51.1 Å². The maximum absolute atomic E-state index is 10.4. The van der Waals surface area contributed by atoms with E-state index in [4.69, 9.17) is 11.6 Å². The fourth-order valence-corrected chi connectivity index (χ4v) is 3.86. The van der Waals surface area contributed by atoms with Crippen molar-refractivity contribution in [2.24, 2.45) is 0 Å². The minimum Gasteiger partial charge on any atom is -0.507 e. The van der Waals surface area contributed by atoms with E-state index in [1.165, 1.54) is 6.07 Å². The molecule has 0 bridgehead atoms. The molecule has 1 aliphatic heterocycles. The van der Waals surface area contributed by atoms with Gasteiger partial charge in [-0.2, -0.15) is 0 Å². The molecular formula is C18H21ClN6O. The summed E-state index contributed by atoms with van der Waals surface area (Å²) in [7, 11) is 2.12. The number of likely N-dealkylation sites (N-methyl/N-ethyl adjacent to an activating group) is 1. The Bertz CT molecular complexity index is 933. The van der Waals surface area contributed by atoms with Crippen LogP contribution in [0.1, 0.15) is 18.4 Å². The lowest BCUT2D eigenvalue weighted by molar-refractivity contribution is 0.260. The molecule has 0 amide bonds. The van der Waals surface area contributed by atoms with Gasteiger partial charge in [0, 0.05) is 30.0 Å². The summed E-state index contributed by atoms with van der Waals surface area (Å²) in [6.07, 6.45) is 5.79. The van der Waals surface area contributed by atoms with Crippen LogP contribution in [0.3, 0.4) is 0 Å². The summed E-state index contributed by atoms with van der Waals surface area (Å²) in [4.78, 5) is 6.75. The lowest BCUT2D eigenvalue weighted by Crippen LogP contribution is -2.40. The number of phenols is 1. The van der Waals surface area contributed by atoms with Gasteiger partial charge in [-0.15, -0.1) is 10.2 Å². The van der Waals surface area contributed by atoms with Gasteiger partial charge in [0.1, 0.15) is 5.75 Å². The van der Waals surface area contributed by atoms with E-state index in [1.807, 2.05) is 17.5 Å². The zero-order chi connectivity index (χ0) is 18.3. The number of benzene rings is 1. The number of nitrogens with one attached hydrogen (secondary N) is 1. The zero-order valence-corrected chi connectivity index (χ0v) is 15.5. The van der Waals surface area contributed by atoms with Crippen LogP contribution < -0.4 is 5.32 Å². The Hall–Kier alpha value is -2.38. The molecule has 1 saturated heterocycles. The number of phenolic OH excluding ortho intramolecular Hbond substituents is 1. The van der Waals surface area contributed by atoms with E-state index in [2.05, 4.69) is 32.4 Å². The smallest absolute Gasteiger partial charge is 0.192 e. The van der Waals surface area contributed by atoms with E-state index in [0.29, 0.717) is 33.9 Å². The number of piperidine rings is 1. The Morgan fingerprint density at radius 1 is 1.31 bits per heavy atom. The first-order valence-electron chi connectivity index (χ1n) is 8.67. The number of aryl methyl sites for hydroxylation is 1. The number of anilines is 1. The van der Waals surface area contributed by atoms with Gasteiger partial charge in [0.15, 0.2) is 17.3 Å². The predicted molar refractivity (Wildman–Crippen MR) is 102 cm³/mol. The van der Waals surface area contributed by atoms with Crippen LogP contribution >= 0.6 is 11.6 Å². The Morgan fingerprint density at radius 3 is 2.92 bits per heavy atom. The third-order valence-electron chi connectivity index (χ3n) is 4.79. The molecule has 1 fully saturated rings. The molecule has 8 heteroatoms. The van der Waals surface area contributed by atoms with Crippen LogP contribution in [0, 0.1) is 6.92 Å². The highest BCUT2D eigenvalue weighted by Gasteiger charge is 2.21. The van der Waals surface area contributed by atoms with Gasteiger partial charge in [-0.1, -0.05) is 11.6 Å². The van der Waals surface area contributed by atoms with Gasteiger partial charge in [-0.3, -0.25) is 4.40 Å². The first-order chi connectivity index (χ1) is 12.5. The van der Waals surface area contributed by atoms with Gasteiger partial charge < -0.3 is 15.3 Å². The first kappa shape index (κ1) is 17.1. The largest absolute Gasteiger partial charge is 0.507 e. The van der Waals surface area contributed by atoms with Crippen molar-refractivity contribution >= 4 is 23.1 Å². The molecule has 0 aliphatic carbocycles. The third kappa shape index (κ3) is 3.08. The van der Waals surface area contributed by atoms with Crippen LogP contribution in [0.2, 0.25) is 5.02 Å². The van der Waals surface area contributed by atoms with Crippen LogP contribution in [0.15, 0.2) is 24.5 Å². The molecule has 0 spiro atoms. The molecule has 1 atom stereocenters. The quantitative estimate of drug-likeness (QED) is 0.736. The normalized spacial score (nSPS) is 18.3. The Kier molecular flexibility index (Phi) is 4.42. The molecule has 1 aliphatic rings. The fourth-order valence-electron chi connectivity index (χ4n) is 3.60. The molecule has 7 nitrogen and oxygen atoms in total. The number of nitrogens with zero attached hydrogens (tertiary/aromatic N) is 5. The highest BCUT2D eigenvalue weighted by Crippen LogP contribution is 2.34. The lowest BCUT2D eigenvalue weighted by atomic mass is 10.1. The molecule has 3 aromatic rings. The van der Waals surface area contributed by atoms with E-state index in [9.17, 15) is 5.11 Å². The second-order valence-electron chi connectivity index (χ2n) is 6.86. The second-order valence-corrected chi connectivity index (χ2v) is 7.29. The predicted octanol–water partition coefficient (Wildman–Crippen LogP) is 2.96. The number of hydrogen-bond donors (Lipinski definition) is 2. The van der Waals surface area contributed by atoms with Gasteiger partial charge in [-0.25, -0.2) is 4.98 Å². The van der Waals surface area contributed by atoms with Gasteiger partial charge in [0.05, 0.1) is 5.56 Å². The lowest BCUT2D eigenvalue weighted by Gasteiger charge is -2.30. The van der Waals surface area contributed by atoms with Gasteiger partial charge in [0.2, 0.25) is 0 Å². The number of halogens is 1. The number of aromatic nitrogens is 4. The van der Waals surface area contributed by atoms with Crippen LogP contribution in [0.5, 0.6) is 5.75 Å². The molecule has 0 saturated carbocycles. The molecule has 4 rings (SSSR count). The summed E-state index contributed by atoms with van der Waals surface area (Å²) >= 11 is 6.02. The minimum atomic E-state index is 0.0777. The number of imidazole rings is 1. The number of likely N-dealkylation sites (tertiary alicyclic amines) is 1. The van der Waals surface area contributed by atoms with Crippen molar-refractivity contribution in [3.05, 3.63) is 35.1 Å². The minimum absolute atomic E-state index is 0.0777. The topological polar surface area (TPSA) is 78.6 Å². The standard InChI is InChI=1S/C18H21ClN6O/c1-11-8-12(19)9-14(26)15(11)17-23-22-16(18-20-5-7-25(17)18)21-13-4-3-6-24(2)10-13/h5,7-9,13,26H,3-4,6,10H2,1-2H3,(H,21,22). The third-order valence-corrected chi connectivity index (χ3v) is 5.01. The molecule has 2 aromatic heterocycles. The first-order valence-corrected chi connectivity index (χ1v) is 9.05. The highest BCUT2D eigenvalue weighted by molar-refractivity contribution is 6.31. The van der Waals surface area contributed by atoms with Gasteiger partial charge in [0.25, 0.3) is 0 Å². The zero-order valence-electron chi connectivity index (χ0n) is 14.8. The van der Waals surface area contributed by atoms with Crippen molar-refractivity contribution in [1.82, 2.24) is 24.5 Å². The maximum Gasteiger partial charge on any atom is 0.192 e. The van der Waals surface area contributed by atoms with Crippen LogP contribution in [0.25, 0.3) is 17.0 Å². The molecule has 1 unspecified atom stereocenters. The van der Waals surface area contributed by atoms with E-state index in [1.54, 1.807) is 12.3 Å². The van der Waals surface area contributed by atoms with E-state index in [0.717, 1.165) is 31.5 Å². The van der Waals surface area contributed by atoms with Crippen molar-refractivity contribution in [3.8, 4) is 17.1 Å². The summed E-state index contributed by atoms with van der Waals surface area (Å²) < 4.78 is 1.85. The van der Waals surface area contributed by atoms with Crippen molar-refractivity contribution < 1.29 is 5.11 Å². The van der Waals surface area contributed by atoms with Crippen LogP contribution in [0.4, 0.5) is 5.82 Å². The summed E-state index contributed by atoms with van der Waals surface area (Å²) in [6, 6.07) is 3.63. The second kappa shape index (κ2) is 6.74. The molecular weight excluding hydrogens is 352 g/mol. The highest BCUT2D eigenvalue weighted by atomic mass is 35.5. The van der Waals surface area contributed by atoms with Crippen molar-refractivity contribution in [1.29, 1.82) is 0 Å². The van der Waals surface area contributed by atoms with Crippen molar-refractivity contribution in [2.45, 2.75) is 25.8 Å².